The second-order valence-corrected chi connectivity index (χ2v) is 5.51. The molecule has 0 aliphatic carbocycles. The molecule has 0 unspecified atom stereocenters. The number of nitrogens with one attached hydrogen (secondary N) is 1. The highest BCUT2D eigenvalue weighted by atomic mass is 32.3. The van der Waals surface area contributed by atoms with Gasteiger partial charge in [0.1, 0.15) is 0 Å². The molecule has 2 amide bonds. The molecule has 11 heteroatoms. The Morgan fingerprint density at radius 3 is 2.77 bits per heavy atom. The van der Waals surface area contributed by atoms with Crippen molar-refractivity contribution in [2.45, 2.75) is 12.1 Å². The Bertz CT molecular complexity index is 647. The first-order valence-corrected chi connectivity index (χ1v) is 7.56. The first-order chi connectivity index (χ1) is 10.3. The number of hydrogen-bond donors (Lipinski definition) is 3. The van der Waals surface area contributed by atoms with Crippen LogP contribution in [0.25, 0.3) is 5.57 Å². The molecule has 3 rings (SSSR count). The van der Waals surface area contributed by atoms with Crippen LogP contribution in [0.3, 0.4) is 0 Å². The average Bonchev–Trinajstić information content (AvgIpc) is 3.01. The molecule has 0 saturated carbocycles. The third-order valence-corrected chi connectivity index (χ3v) is 3.14. The molecule has 3 N–H and O–H groups in total. The van der Waals surface area contributed by atoms with Gasteiger partial charge in [-0.05, 0) is 0 Å². The molecular formula is C11H15N3O7S. The van der Waals surface area contributed by atoms with Crippen LogP contribution < -0.4 is 5.32 Å². The maximum Gasteiger partial charge on any atom is 0.394 e. The number of ether oxygens (including phenoxy) is 1. The first-order valence-electron chi connectivity index (χ1n) is 6.16. The molecule has 1 fully saturated rings. The van der Waals surface area contributed by atoms with Crippen LogP contribution >= 0.6 is 0 Å². The Hall–Kier alpha value is -1.95. The van der Waals surface area contributed by atoms with Crippen molar-refractivity contribution in [2.75, 3.05) is 20.3 Å². The Labute approximate surface area is 126 Å². The van der Waals surface area contributed by atoms with Gasteiger partial charge in [-0.15, -0.1) is 0 Å². The zero-order chi connectivity index (χ0) is 16.3. The number of urea groups is 1. The molecule has 1 saturated heterocycles. The Balaban J connectivity index is 0.000000309. The highest BCUT2D eigenvalue weighted by molar-refractivity contribution is 7.79. The van der Waals surface area contributed by atoms with Gasteiger partial charge in [-0.3, -0.25) is 9.11 Å². The molecular weight excluding hydrogens is 318 g/mol. The molecule has 122 valence electrons. The van der Waals surface area contributed by atoms with Gasteiger partial charge >= 0.3 is 16.4 Å². The van der Waals surface area contributed by atoms with Crippen LogP contribution in [0.1, 0.15) is 5.76 Å². The summed E-state index contributed by atoms with van der Waals surface area (Å²) >= 11 is 0. The second-order valence-electron chi connectivity index (χ2n) is 4.61. The van der Waals surface area contributed by atoms with Crippen LogP contribution in [0.2, 0.25) is 0 Å². The van der Waals surface area contributed by atoms with E-state index in [1.54, 1.807) is 18.2 Å². The van der Waals surface area contributed by atoms with Crippen LogP contribution in [0.15, 0.2) is 23.1 Å². The van der Waals surface area contributed by atoms with Crippen LogP contribution in [-0.2, 0) is 15.1 Å². The van der Waals surface area contributed by atoms with Gasteiger partial charge in [0.25, 0.3) is 0 Å². The van der Waals surface area contributed by atoms with Gasteiger partial charge in [0.2, 0.25) is 0 Å². The normalized spacial score (nSPS) is 23.5. The lowest BCUT2D eigenvalue weighted by Crippen LogP contribution is -2.41. The van der Waals surface area contributed by atoms with Gasteiger partial charge in [-0.2, -0.15) is 8.42 Å². The van der Waals surface area contributed by atoms with Crippen molar-refractivity contribution in [3.05, 3.63) is 24.4 Å². The Morgan fingerprint density at radius 1 is 1.55 bits per heavy atom. The maximum atomic E-state index is 11.7. The number of oxazole rings is 1. The zero-order valence-corrected chi connectivity index (χ0v) is 12.4. The summed E-state index contributed by atoms with van der Waals surface area (Å²) < 4.78 is 42.0. The first kappa shape index (κ1) is 16.4. The minimum Gasteiger partial charge on any atom is -0.444 e. The molecule has 10 nitrogen and oxygen atoms in total. The lowest BCUT2D eigenvalue weighted by molar-refractivity contribution is 0.133. The SMILES string of the molecule is COC[C@H]1C=C(c2cnco2)[C@@H]2CN1C(=O)N2.O=S(=O)(O)O. The summed E-state index contributed by atoms with van der Waals surface area (Å²) in [6, 6.07) is -0.106. The van der Waals surface area contributed by atoms with E-state index in [1.807, 2.05) is 6.08 Å². The van der Waals surface area contributed by atoms with Crippen molar-refractivity contribution in [1.29, 1.82) is 0 Å². The maximum absolute atomic E-state index is 11.7. The molecule has 3 heterocycles. The molecule has 2 atom stereocenters. The minimum absolute atomic E-state index is 0.0106. The standard InChI is InChI=1S/C11H13N3O3.H2O4S/c1-16-5-7-2-8(10-3-12-6-17-10)9-4-14(7)11(15)13-9;1-5(2,3)4/h2-3,6-7,9H,4-5H2,1H3,(H,13,15);(H2,1,2,3,4)/t7-,9+;/m1./s1. The molecule has 0 radical (unpaired) electrons. The van der Waals surface area contributed by atoms with E-state index in [4.69, 9.17) is 26.7 Å². The lowest BCUT2D eigenvalue weighted by Gasteiger charge is -2.28. The summed E-state index contributed by atoms with van der Waals surface area (Å²) in [5, 5.41) is 2.92. The number of rotatable bonds is 3. The van der Waals surface area contributed by atoms with Gasteiger partial charge in [-0.1, -0.05) is 6.08 Å². The van der Waals surface area contributed by atoms with Crippen molar-refractivity contribution in [1.82, 2.24) is 15.2 Å². The van der Waals surface area contributed by atoms with E-state index in [-0.39, 0.29) is 18.1 Å². The van der Waals surface area contributed by atoms with E-state index < -0.39 is 10.4 Å². The molecule has 2 bridgehead atoms. The quantitative estimate of drug-likeness (QED) is 0.647. The summed E-state index contributed by atoms with van der Waals surface area (Å²) in [4.78, 5) is 17.4. The van der Waals surface area contributed by atoms with Gasteiger partial charge < -0.3 is 19.4 Å². The third-order valence-electron chi connectivity index (χ3n) is 3.14. The highest BCUT2D eigenvalue weighted by Gasteiger charge is 2.40. The van der Waals surface area contributed by atoms with Crippen molar-refractivity contribution in [2.24, 2.45) is 0 Å². The number of amides is 2. The molecule has 2 aliphatic heterocycles. The third kappa shape index (κ3) is 4.04. The van der Waals surface area contributed by atoms with E-state index >= 15 is 0 Å². The molecule has 0 aromatic carbocycles. The fraction of sp³-hybridized carbons (Fsp3) is 0.455. The van der Waals surface area contributed by atoms with Gasteiger partial charge in [0.05, 0.1) is 24.9 Å². The monoisotopic (exact) mass is 333 g/mol. The fourth-order valence-corrected chi connectivity index (χ4v) is 2.35. The molecule has 1 aromatic heterocycles. The smallest absolute Gasteiger partial charge is 0.394 e. The predicted octanol–water partition coefficient (Wildman–Crippen LogP) is -0.172. The summed E-state index contributed by atoms with van der Waals surface area (Å²) in [5.41, 5.74) is 0.978. The lowest BCUT2D eigenvalue weighted by atomic mass is 9.98. The molecule has 1 aromatic rings. The minimum atomic E-state index is -4.67. The van der Waals surface area contributed by atoms with E-state index in [2.05, 4.69) is 10.3 Å². The second kappa shape index (κ2) is 6.44. The van der Waals surface area contributed by atoms with E-state index in [0.717, 1.165) is 5.57 Å². The Kier molecular flexibility index (Phi) is 4.81. The number of methoxy groups -OCH3 is 1. The van der Waals surface area contributed by atoms with Crippen molar-refractivity contribution in [3.8, 4) is 0 Å². The zero-order valence-electron chi connectivity index (χ0n) is 11.5. The number of fused-ring (bicyclic) bond motifs is 2. The average molecular weight is 333 g/mol. The summed E-state index contributed by atoms with van der Waals surface area (Å²) in [6.07, 6.45) is 5.07. The number of carbonyl (C=O) groups is 1. The van der Waals surface area contributed by atoms with Gasteiger partial charge in [-0.25, -0.2) is 9.78 Å². The highest BCUT2D eigenvalue weighted by Crippen LogP contribution is 2.29. The van der Waals surface area contributed by atoms with Gasteiger partial charge in [0, 0.05) is 19.2 Å². The van der Waals surface area contributed by atoms with Crippen LogP contribution in [0.4, 0.5) is 4.79 Å². The molecule has 0 spiro atoms. The van der Waals surface area contributed by atoms with Crippen molar-refractivity contribution in [3.63, 3.8) is 0 Å². The van der Waals surface area contributed by atoms with Crippen molar-refractivity contribution >= 4 is 22.0 Å². The fourth-order valence-electron chi connectivity index (χ4n) is 2.35. The van der Waals surface area contributed by atoms with Crippen molar-refractivity contribution < 1.29 is 31.5 Å². The number of hydrogen-bond acceptors (Lipinski definition) is 6. The largest absolute Gasteiger partial charge is 0.444 e. The summed E-state index contributed by atoms with van der Waals surface area (Å²) in [5.74, 6) is 0.706. The summed E-state index contributed by atoms with van der Waals surface area (Å²) in [7, 11) is -3.04. The van der Waals surface area contributed by atoms with Crippen LogP contribution in [0.5, 0.6) is 0 Å². The molecule has 2 aliphatic rings. The Morgan fingerprint density at radius 2 is 2.23 bits per heavy atom. The topological polar surface area (TPSA) is 142 Å². The number of carbonyl (C=O) groups excluding carboxylic acids is 1. The predicted molar refractivity (Wildman–Crippen MR) is 73.3 cm³/mol. The van der Waals surface area contributed by atoms with Crippen LogP contribution in [-0.4, -0.2) is 65.8 Å². The van der Waals surface area contributed by atoms with E-state index in [1.165, 1.54) is 6.39 Å². The number of aromatic nitrogens is 1. The summed E-state index contributed by atoms with van der Waals surface area (Å²) in [6.45, 7) is 1.14. The molecule has 22 heavy (non-hydrogen) atoms. The van der Waals surface area contributed by atoms with E-state index in [0.29, 0.717) is 18.9 Å². The van der Waals surface area contributed by atoms with Crippen LogP contribution in [0, 0.1) is 0 Å². The van der Waals surface area contributed by atoms with Gasteiger partial charge in [0.15, 0.2) is 12.2 Å². The number of nitrogens with zero attached hydrogens (tertiary/aromatic N) is 2. The van der Waals surface area contributed by atoms with E-state index in [9.17, 15) is 4.79 Å².